The predicted octanol–water partition coefficient (Wildman–Crippen LogP) is 2.27. The van der Waals surface area contributed by atoms with Gasteiger partial charge in [-0.2, -0.15) is 4.21 Å². The van der Waals surface area contributed by atoms with Crippen LogP contribution in [0.15, 0.2) is 0 Å². The first-order valence-corrected chi connectivity index (χ1v) is 5.91. The maximum Gasteiger partial charge on any atom is 0.360 e. The molecule has 0 saturated carbocycles. The summed E-state index contributed by atoms with van der Waals surface area (Å²) in [5.41, 5.74) is 0. The molecule has 84 valence electrons. The van der Waals surface area contributed by atoms with Crippen molar-refractivity contribution >= 4 is 17.3 Å². The minimum atomic E-state index is -2.47. The Balaban J connectivity index is 3.50. The fourth-order valence-electron chi connectivity index (χ4n) is 1.18. The van der Waals surface area contributed by atoms with Crippen molar-refractivity contribution in [2.24, 2.45) is 5.92 Å². The highest BCUT2D eigenvalue weighted by molar-refractivity contribution is 7.74. The summed E-state index contributed by atoms with van der Waals surface area (Å²) in [6.07, 6.45) is 4.33. The second kappa shape index (κ2) is 7.94. The largest absolute Gasteiger partial charge is 0.360 e. The highest BCUT2D eigenvalue weighted by atomic mass is 32.2. The van der Waals surface area contributed by atoms with E-state index < -0.39 is 17.3 Å². The van der Waals surface area contributed by atoms with E-state index in [1.165, 1.54) is 0 Å². The summed E-state index contributed by atoms with van der Waals surface area (Å²) < 4.78 is 22.4. The third-order valence-corrected chi connectivity index (χ3v) is 2.38. The van der Waals surface area contributed by atoms with Gasteiger partial charge in [0.15, 0.2) is 0 Å². The summed E-state index contributed by atoms with van der Waals surface area (Å²) in [4.78, 5) is 10.9. The monoisotopic (exact) mass is 222 g/mol. The predicted molar refractivity (Wildman–Crippen MR) is 54.8 cm³/mol. The average molecular weight is 222 g/mol. The van der Waals surface area contributed by atoms with Crippen molar-refractivity contribution < 1.29 is 17.7 Å². The fourth-order valence-corrected chi connectivity index (χ4v) is 1.42. The molecule has 0 aromatic rings. The molecule has 2 unspecified atom stereocenters. The quantitative estimate of drug-likeness (QED) is 0.671. The van der Waals surface area contributed by atoms with Gasteiger partial charge in [-0.3, -0.25) is 9.35 Å². The van der Waals surface area contributed by atoms with Crippen LogP contribution in [-0.2, 0) is 20.3 Å². The van der Waals surface area contributed by atoms with E-state index in [4.69, 9.17) is 4.55 Å². The molecule has 0 fully saturated rings. The maximum absolute atomic E-state index is 10.9. The van der Waals surface area contributed by atoms with Gasteiger partial charge in [-0.25, -0.2) is 0 Å². The normalized spacial score (nSPS) is 14.8. The summed E-state index contributed by atoms with van der Waals surface area (Å²) in [7, 11) is 0. The van der Waals surface area contributed by atoms with Gasteiger partial charge in [0.05, 0.1) is 0 Å². The lowest BCUT2D eigenvalue weighted by molar-refractivity contribution is -0.134. The summed E-state index contributed by atoms with van der Waals surface area (Å²) >= 11 is -2.47. The Morgan fingerprint density at radius 2 is 2.14 bits per heavy atom. The fraction of sp³-hybridized carbons (Fsp3) is 0.889. The van der Waals surface area contributed by atoms with Crippen molar-refractivity contribution in [1.82, 2.24) is 0 Å². The zero-order valence-corrected chi connectivity index (χ0v) is 9.51. The van der Waals surface area contributed by atoms with Crippen LogP contribution in [0.1, 0.15) is 46.0 Å². The first-order chi connectivity index (χ1) is 6.56. The Labute approximate surface area is 87.5 Å². The van der Waals surface area contributed by atoms with Crippen LogP contribution in [0, 0.1) is 5.92 Å². The molecular weight excluding hydrogens is 204 g/mol. The molecule has 0 rings (SSSR count). The Hall–Kier alpha value is -0.420. The first kappa shape index (κ1) is 13.6. The average Bonchev–Trinajstić information content (AvgIpc) is 2.10. The van der Waals surface area contributed by atoms with E-state index >= 15 is 0 Å². The third kappa shape index (κ3) is 8.19. The lowest BCUT2D eigenvalue weighted by Gasteiger charge is -2.08. The maximum atomic E-state index is 10.9. The van der Waals surface area contributed by atoms with E-state index in [1.807, 2.05) is 0 Å². The standard InChI is InChI=1S/C9H18O4S/c1-3-4-5-8(2)6-7-9(10)13-14(11)12/h8H,3-7H2,1-2H3,(H,11,12). The molecule has 5 heteroatoms. The number of unbranched alkanes of at least 4 members (excludes halogenated alkanes) is 1. The molecule has 14 heavy (non-hydrogen) atoms. The molecule has 0 spiro atoms. The second-order valence-electron chi connectivity index (χ2n) is 3.46. The van der Waals surface area contributed by atoms with Crippen molar-refractivity contribution in [1.29, 1.82) is 0 Å². The van der Waals surface area contributed by atoms with Crippen molar-refractivity contribution in [2.75, 3.05) is 0 Å². The van der Waals surface area contributed by atoms with Gasteiger partial charge < -0.3 is 4.18 Å². The van der Waals surface area contributed by atoms with Crippen LogP contribution in [0.3, 0.4) is 0 Å². The van der Waals surface area contributed by atoms with Gasteiger partial charge >= 0.3 is 17.3 Å². The lowest BCUT2D eigenvalue weighted by atomic mass is 9.99. The minimum absolute atomic E-state index is 0.219. The number of carbonyl (C=O) groups is 1. The summed E-state index contributed by atoms with van der Waals surface area (Å²) in [5, 5.41) is 0. The van der Waals surface area contributed by atoms with Crippen LogP contribution in [0.4, 0.5) is 0 Å². The molecule has 1 N–H and O–H groups in total. The van der Waals surface area contributed by atoms with Gasteiger partial charge in [0, 0.05) is 6.42 Å². The van der Waals surface area contributed by atoms with E-state index in [0.29, 0.717) is 5.92 Å². The van der Waals surface area contributed by atoms with Crippen molar-refractivity contribution in [3.63, 3.8) is 0 Å². The zero-order valence-electron chi connectivity index (χ0n) is 8.69. The molecular formula is C9H18O4S. The summed E-state index contributed by atoms with van der Waals surface area (Å²) in [5.74, 6) is -0.135. The van der Waals surface area contributed by atoms with E-state index in [1.54, 1.807) is 0 Å². The molecule has 0 aliphatic carbocycles. The van der Waals surface area contributed by atoms with Crippen molar-refractivity contribution in [3.05, 3.63) is 0 Å². The van der Waals surface area contributed by atoms with Gasteiger partial charge in [-0.05, 0) is 12.3 Å². The van der Waals surface area contributed by atoms with Gasteiger partial charge in [-0.1, -0.05) is 33.1 Å². The molecule has 0 aromatic carbocycles. The van der Waals surface area contributed by atoms with E-state index in [0.717, 1.165) is 25.7 Å². The molecule has 0 aliphatic heterocycles. The zero-order chi connectivity index (χ0) is 11.0. The molecule has 2 atom stereocenters. The summed E-state index contributed by atoms with van der Waals surface area (Å²) in [6, 6.07) is 0. The van der Waals surface area contributed by atoms with Gasteiger partial charge in [0.2, 0.25) is 0 Å². The summed E-state index contributed by atoms with van der Waals surface area (Å²) in [6.45, 7) is 4.19. The third-order valence-electron chi connectivity index (χ3n) is 2.06. The van der Waals surface area contributed by atoms with Crippen molar-refractivity contribution in [3.8, 4) is 0 Å². The smallest absolute Gasteiger partial charge is 0.343 e. The number of rotatable bonds is 7. The van der Waals surface area contributed by atoms with Crippen LogP contribution < -0.4 is 0 Å². The van der Waals surface area contributed by atoms with E-state index in [-0.39, 0.29) is 6.42 Å². The van der Waals surface area contributed by atoms with Crippen LogP contribution in [0.5, 0.6) is 0 Å². The lowest BCUT2D eigenvalue weighted by Crippen LogP contribution is -2.08. The first-order valence-electron chi connectivity index (χ1n) is 4.88. The second-order valence-corrected chi connectivity index (χ2v) is 4.06. The van der Waals surface area contributed by atoms with Crippen LogP contribution in [0.25, 0.3) is 0 Å². The minimum Gasteiger partial charge on any atom is -0.343 e. The van der Waals surface area contributed by atoms with Crippen LogP contribution in [0.2, 0.25) is 0 Å². The van der Waals surface area contributed by atoms with Crippen LogP contribution in [-0.4, -0.2) is 14.7 Å². The molecule has 4 nitrogen and oxygen atoms in total. The molecule has 0 aromatic heterocycles. The Kier molecular flexibility index (Phi) is 7.70. The topological polar surface area (TPSA) is 63.6 Å². The number of carbonyl (C=O) groups excluding carboxylic acids is 1. The highest BCUT2D eigenvalue weighted by Gasteiger charge is 2.09. The highest BCUT2D eigenvalue weighted by Crippen LogP contribution is 2.14. The molecule has 0 bridgehead atoms. The Morgan fingerprint density at radius 1 is 1.50 bits per heavy atom. The van der Waals surface area contributed by atoms with Gasteiger partial charge in [0.25, 0.3) is 0 Å². The molecule has 0 aliphatic rings. The molecule has 0 saturated heterocycles. The van der Waals surface area contributed by atoms with Gasteiger partial charge in [-0.15, -0.1) is 0 Å². The number of hydrogen-bond donors (Lipinski definition) is 1. The molecule has 0 amide bonds. The van der Waals surface area contributed by atoms with Gasteiger partial charge in [0.1, 0.15) is 0 Å². The SMILES string of the molecule is CCCCC(C)CCC(=O)OS(=O)O. The molecule has 0 radical (unpaired) electrons. The Bertz CT molecular complexity index is 193. The van der Waals surface area contributed by atoms with Crippen LogP contribution >= 0.6 is 0 Å². The number of hydrogen-bond acceptors (Lipinski definition) is 3. The Morgan fingerprint density at radius 3 is 2.64 bits per heavy atom. The molecule has 0 heterocycles. The van der Waals surface area contributed by atoms with E-state index in [9.17, 15) is 9.00 Å². The van der Waals surface area contributed by atoms with E-state index in [2.05, 4.69) is 18.0 Å². The van der Waals surface area contributed by atoms with Crippen molar-refractivity contribution in [2.45, 2.75) is 46.0 Å².